The number of nitrogens with zero attached hydrogens (tertiary/aromatic N) is 2. The van der Waals surface area contributed by atoms with Crippen LogP contribution in [0.5, 0.6) is 0 Å². The number of hydrogen-bond acceptors (Lipinski definition) is 5. The van der Waals surface area contributed by atoms with Crippen molar-refractivity contribution in [1.82, 2.24) is 15.6 Å². The molecule has 1 amide bonds. The number of fused-ring (bicyclic) bond motifs is 2. The second-order valence-corrected chi connectivity index (χ2v) is 7.11. The third kappa shape index (κ3) is 2.74. The summed E-state index contributed by atoms with van der Waals surface area (Å²) in [5, 5.41) is 16.0. The van der Waals surface area contributed by atoms with Crippen LogP contribution in [-0.4, -0.2) is 29.0 Å². The quantitative estimate of drug-likeness (QED) is 0.908. The molecule has 0 unspecified atom stereocenters. The summed E-state index contributed by atoms with van der Waals surface area (Å²) in [4.78, 5) is 17.6. The number of benzene rings is 1. The van der Waals surface area contributed by atoms with Crippen molar-refractivity contribution < 1.29 is 4.79 Å². The summed E-state index contributed by atoms with van der Waals surface area (Å²) < 4.78 is 0. The zero-order chi connectivity index (χ0) is 15.8. The van der Waals surface area contributed by atoms with Gasteiger partial charge in [-0.15, -0.1) is 11.3 Å². The summed E-state index contributed by atoms with van der Waals surface area (Å²) in [5.74, 6) is -0.0887. The van der Waals surface area contributed by atoms with Crippen LogP contribution in [0.2, 0.25) is 0 Å². The van der Waals surface area contributed by atoms with E-state index in [1.54, 1.807) is 18.3 Å². The number of aromatic nitrogens is 1. The number of nitrogens with one attached hydrogen (secondary N) is 2. The highest BCUT2D eigenvalue weighted by Gasteiger charge is 2.39. The van der Waals surface area contributed by atoms with Gasteiger partial charge in [0.15, 0.2) is 5.01 Å². The molecule has 116 valence electrons. The largest absolute Gasteiger partial charge is 0.346 e. The van der Waals surface area contributed by atoms with Gasteiger partial charge >= 0.3 is 0 Å². The first-order chi connectivity index (χ1) is 11.2. The van der Waals surface area contributed by atoms with Crippen molar-refractivity contribution in [3.05, 3.63) is 41.0 Å². The van der Waals surface area contributed by atoms with Crippen LogP contribution in [0.1, 0.15) is 34.6 Å². The van der Waals surface area contributed by atoms with Gasteiger partial charge in [-0.3, -0.25) is 4.79 Å². The molecule has 2 fully saturated rings. The Balaban J connectivity index is 1.46. The van der Waals surface area contributed by atoms with E-state index in [9.17, 15) is 4.79 Å². The van der Waals surface area contributed by atoms with E-state index in [2.05, 4.69) is 21.7 Å². The molecule has 2 aliphatic rings. The van der Waals surface area contributed by atoms with Crippen molar-refractivity contribution >= 4 is 17.2 Å². The number of carbonyl (C=O) groups is 1. The summed E-state index contributed by atoms with van der Waals surface area (Å²) in [5.41, 5.74) is 1.60. The van der Waals surface area contributed by atoms with Crippen molar-refractivity contribution in [3.8, 4) is 16.5 Å². The molecule has 2 aromatic rings. The fourth-order valence-corrected chi connectivity index (χ4v) is 4.26. The fraction of sp³-hybridized carbons (Fsp3) is 0.353. The highest BCUT2D eigenvalue weighted by molar-refractivity contribution is 7.16. The maximum absolute atomic E-state index is 12.4. The Labute approximate surface area is 138 Å². The van der Waals surface area contributed by atoms with Gasteiger partial charge in [-0.05, 0) is 37.0 Å². The molecule has 3 atom stereocenters. The van der Waals surface area contributed by atoms with Crippen molar-refractivity contribution in [2.45, 2.75) is 37.4 Å². The zero-order valence-electron chi connectivity index (χ0n) is 12.5. The first-order valence-electron chi connectivity index (χ1n) is 7.76. The molecule has 6 heteroatoms. The molecule has 3 heterocycles. The summed E-state index contributed by atoms with van der Waals surface area (Å²) in [6.07, 6.45) is 5.10. The molecular formula is C17H16N4OS. The highest BCUT2D eigenvalue weighted by Crippen LogP contribution is 2.29. The van der Waals surface area contributed by atoms with E-state index < -0.39 is 0 Å². The Morgan fingerprint density at radius 2 is 2.17 bits per heavy atom. The monoisotopic (exact) mass is 324 g/mol. The third-order valence-electron chi connectivity index (χ3n) is 4.62. The number of thiazole rings is 1. The second kappa shape index (κ2) is 5.76. The third-order valence-corrected chi connectivity index (χ3v) is 5.66. The molecule has 4 rings (SSSR count). The van der Waals surface area contributed by atoms with Crippen molar-refractivity contribution in [2.75, 3.05) is 0 Å². The molecule has 2 N–H and O–H groups in total. The molecule has 0 saturated carbocycles. The Hall–Kier alpha value is -2.23. The van der Waals surface area contributed by atoms with Crippen LogP contribution in [0.25, 0.3) is 10.4 Å². The van der Waals surface area contributed by atoms with Gasteiger partial charge in [0, 0.05) is 24.3 Å². The van der Waals surface area contributed by atoms with Crippen LogP contribution < -0.4 is 10.6 Å². The van der Waals surface area contributed by atoms with Gasteiger partial charge in [-0.25, -0.2) is 4.98 Å². The Kier molecular flexibility index (Phi) is 3.60. The molecule has 5 nitrogen and oxygen atoms in total. The average Bonchev–Trinajstić information content (AvgIpc) is 3.31. The second-order valence-electron chi connectivity index (χ2n) is 6.08. The molecule has 1 aromatic carbocycles. The zero-order valence-corrected chi connectivity index (χ0v) is 13.3. The molecule has 0 aliphatic carbocycles. The lowest BCUT2D eigenvalue weighted by atomic mass is 9.95. The fourth-order valence-electron chi connectivity index (χ4n) is 3.44. The summed E-state index contributed by atoms with van der Waals surface area (Å²) in [7, 11) is 0. The standard InChI is InChI=1S/C17H16N4OS/c18-8-10-1-3-11(4-2-10)15-9-19-17(23-15)16(22)21-14-7-12-5-6-13(14)20-12/h1-4,9,12-14,20H,5-7H2,(H,21,22)/t12-,13+,14-/m1/s1. The molecule has 23 heavy (non-hydrogen) atoms. The lowest BCUT2D eigenvalue weighted by molar-refractivity contribution is 0.0930. The van der Waals surface area contributed by atoms with E-state index in [0.717, 1.165) is 23.3 Å². The Morgan fingerprint density at radius 3 is 2.83 bits per heavy atom. The first kappa shape index (κ1) is 14.4. The number of amides is 1. The molecular weight excluding hydrogens is 308 g/mol. The molecule has 0 radical (unpaired) electrons. The van der Waals surface area contributed by atoms with E-state index >= 15 is 0 Å². The number of hydrogen-bond donors (Lipinski definition) is 2. The predicted octanol–water partition coefficient (Wildman–Crippen LogP) is 2.30. The molecule has 1 aromatic heterocycles. The van der Waals surface area contributed by atoms with Crippen LogP contribution in [0.4, 0.5) is 0 Å². The van der Waals surface area contributed by atoms with Gasteiger partial charge in [-0.1, -0.05) is 12.1 Å². The average molecular weight is 324 g/mol. The van der Waals surface area contributed by atoms with Gasteiger partial charge < -0.3 is 10.6 Å². The molecule has 0 spiro atoms. The molecule has 2 saturated heterocycles. The summed E-state index contributed by atoms with van der Waals surface area (Å²) >= 11 is 1.38. The highest BCUT2D eigenvalue weighted by atomic mass is 32.1. The van der Waals surface area contributed by atoms with Gasteiger partial charge in [0.2, 0.25) is 0 Å². The molecule has 2 bridgehead atoms. The predicted molar refractivity (Wildman–Crippen MR) is 88.1 cm³/mol. The SMILES string of the molecule is N#Cc1ccc(-c2cnc(C(=O)N[C@@H]3C[C@H]4CC[C@@H]3N4)s2)cc1. The topological polar surface area (TPSA) is 77.8 Å². The van der Waals surface area contributed by atoms with Gasteiger partial charge in [0.1, 0.15) is 0 Å². The molecule has 2 aliphatic heterocycles. The summed E-state index contributed by atoms with van der Waals surface area (Å²) in [6.45, 7) is 0. The van der Waals surface area contributed by atoms with Crippen LogP contribution in [-0.2, 0) is 0 Å². The minimum atomic E-state index is -0.0887. The maximum Gasteiger partial charge on any atom is 0.280 e. The Morgan fingerprint density at radius 1 is 1.35 bits per heavy atom. The smallest absolute Gasteiger partial charge is 0.280 e. The van der Waals surface area contributed by atoms with Crippen molar-refractivity contribution in [2.24, 2.45) is 0 Å². The lowest BCUT2D eigenvalue weighted by Crippen LogP contribution is -2.42. The van der Waals surface area contributed by atoms with E-state index in [-0.39, 0.29) is 11.9 Å². The van der Waals surface area contributed by atoms with Gasteiger partial charge in [-0.2, -0.15) is 5.26 Å². The normalized spacial score (nSPS) is 25.3. The number of nitriles is 1. The van der Waals surface area contributed by atoms with Gasteiger partial charge in [0.25, 0.3) is 5.91 Å². The number of carbonyl (C=O) groups excluding carboxylic acids is 1. The van der Waals surface area contributed by atoms with Crippen molar-refractivity contribution in [1.29, 1.82) is 5.26 Å². The minimum Gasteiger partial charge on any atom is -0.346 e. The Bertz CT molecular complexity index is 777. The van der Waals surface area contributed by atoms with E-state index in [0.29, 0.717) is 22.7 Å². The van der Waals surface area contributed by atoms with Crippen LogP contribution >= 0.6 is 11.3 Å². The van der Waals surface area contributed by atoms with Crippen molar-refractivity contribution in [3.63, 3.8) is 0 Å². The van der Waals surface area contributed by atoms with Crippen LogP contribution in [0, 0.1) is 11.3 Å². The van der Waals surface area contributed by atoms with Crippen LogP contribution in [0.3, 0.4) is 0 Å². The lowest BCUT2D eigenvalue weighted by Gasteiger charge is -2.20. The van der Waals surface area contributed by atoms with E-state index in [4.69, 9.17) is 5.26 Å². The minimum absolute atomic E-state index is 0.0887. The van der Waals surface area contributed by atoms with E-state index in [1.807, 2.05) is 12.1 Å². The summed E-state index contributed by atoms with van der Waals surface area (Å²) in [6, 6.07) is 10.6. The van der Waals surface area contributed by atoms with E-state index in [1.165, 1.54) is 17.8 Å². The van der Waals surface area contributed by atoms with Gasteiger partial charge in [0.05, 0.1) is 16.5 Å². The number of rotatable bonds is 3. The van der Waals surface area contributed by atoms with Crippen LogP contribution in [0.15, 0.2) is 30.5 Å². The first-order valence-corrected chi connectivity index (χ1v) is 8.58. The maximum atomic E-state index is 12.4.